The Kier molecular flexibility index (Phi) is 5.19. The highest BCUT2D eigenvalue weighted by Crippen LogP contribution is 2.70. The summed E-state index contributed by atoms with van der Waals surface area (Å²) in [7, 11) is 0. The quantitative estimate of drug-likeness (QED) is 0.476. The second kappa shape index (κ2) is 6.68. The van der Waals surface area contributed by atoms with Crippen molar-refractivity contribution in [3.8, 4) is 0 Å². The highest BCUT2D eigenvalue weighted by atomic mass is 14.7. The molecule has 1 N–H and O–H groups in total. The molecule has 4 fully saturated rings. The molecule has 0 radical (unpaired) electrons. The fourth-order valence-corrected chi connectivity index (χ4v) is 8.32. The third kappa shape index (κ3) is 2.66. The fraction of sp³-hybridized carbons (Fsp3) is 0.958. The molecule has 0 heterocycles. The summed E-state index contributed by atoms with van der Waals surface area (Å²) in [6.07, 6.45) is 14.4. The average molecular weight is 346 g/mol. The number of rotatable bonds is 1. The third-order valence-electron chi connectivity index (χ3n) is 9.86. The molecule has 4 aliphatic carbocycles. The van der Waals surface area contributed by atoms with Gasteiger partial charge in [-0.3, -0.25) is 0 Å². The van der Waals surface area contributed by atoms with E-state index in [0.717, 1.165) is 23.5 Å². The van der Waals surface area contributed by atoms with Crippen molar-refractivity contribution in [3.63, 3.8) is 0 Å². The molecule has 0 spiro atoms. The van der Waals surface area contributed by atoms with Gasteiger partial charge in [-0.25, -0.2) is 0 Å². The van der Waals surface area contributed by atoms with Crippen LogP contribution in [-0.4, -0.2) is 5.71 Å². The molecule has 25 heavy (non-hydrogen) atoms. The summed E-state index contributed by atoms with van der Waals surface area (Å²) >= 11 is 0. The average Bonchev–Trinajstić information content (AvgIpc) is 2.94. The van der Waals surface area contributed by atoms with E-state index in [1.165, 1.54) is 64.2 Å². The van der Waals surface area contributed by atoms with E-state index >= 15 is 0 Å². The first-order valence-electron chi connectivity index (χ1n) is 11.4. The zero-order chi connectivity index (χ0) is 18.5. The second-order valence-electron chi connectivity index (χ2n) is 10.5. The highest BCUT2D eigenvalue weighted by molar-refractivity contribution is 5.82. The first-order chi connectivity index (χ1) is 11.8. The van der Waals surface area contributed by atoms with Crippen molar-refractivity contribution in [3.05, 3.63) is 0 Å². The van der Waals surface area contributed by atoms with E-state index in [2.05, 4.69) is 27.7 Å². The number of nitrogens with one attached hydrogen (secondary N) is 1. The summed E-state index contributed by atoms with van der Waals surface area (Å²) in [6.45, 7) is 13.9. The third-order valence-corrected chi connectivity index (χ3v) is 9.86. The number of fused-ring (bicyclic) bond motifs is 5. The zero-order valence-electron chi connectivity index (χ0n) is 17.9. The van der Waals surface area contributed by atoms with Gasteiger partial charge >= 0.3 is 0 Å². The molecular weight excluding hydrogens is 302 g/mol. The molecule has 0 aliphatic heterocycles. The molecule has 4 aliphatic rings. The van der Waals surface area contributed by atoms with Gasteiger partial charge in [-0.1, -0.05) is 47.5 Å². The molecule has 1 heteroatoms. The second-order valence-corrected chi connectivity index (χ2v) is 10.5. The van der Waals surface area contributed by atoms with Gasteiger partial charge in [0.05, 0.1) is 0 Å². The smallest absolute Gasteiger partial charge is 0.00946 e. The molecule has 144 valence electrons. The molecule has 7 unspecified atom stereocenters. The standard InChI is InChI=1S/C22H37N.C2H6/c1-15(23)17-7-8-18-16-9-13-20(2)11-5-6-12-22(20,4)19(16)10-14-21(17,18)3;1-2/h16-19,23H,5-14H2,1-4H3;1-2H3. The molecule has 0 bridgehead atoms. The van der Waals surface area contributed by atoms with Gasteiger partial charge in [0.1, 0.15) is 0 Å². The Balaban J connectivity index is 0.000000880. The Morgan fingerprint density at radius 1 is 0.800 bits per heavy atom. The molecule has 0 aromatic carbocycles. The van der Waals surface area contributed by atoms with Crippen LogP contribution in [0.2, 0.25) is 0 Å². The van der Waals surface area contributed by atoms with Gasteiger partial charge in [-0.15, -0.1) is 0 Å². The van der Waals surface area contributed by atoms with Crippen molar-refractivity contribution in [1.82, 2.24) is 0 Å². The van der Waals surface area contributed by atoms with Crippen LogP contribution in [0.15, 0.2) is 0 Å². The van der Waals surface area contributed by atoms with Gasteiger partial charge in [0.25, 0.3) is 0 Å². The summed E-state index contributed by atoms with van der Waals surface area (Å²) in [5.74, 6) is 3.44. The van der Waals surface area contributed by atoms with Crippen LogP contribution >= 0.6 is 0 Å². The van der Waals surface area contributed by atoms with Gasteiger partial charge < -0.3 is 5.41 Å². The predicted molar refractivity (Wildman–Crippen MR) is 109 cm³/mol. The van der Waals surface area contributed by atoms with Gasteiger partial charge in [0, 0.05) is 11.6 Å². The summed E-state index contributed by atoms with van der Waals surface area (Å²) in [4.78, 5) is 0. The van der Waals surface area contributed by atoms with E-state index in [9.17, 15) is 0 Å². The van der Waals surface area contributed by atoms with Gasteiger partial charge in [0.2, 0.25) is 0 Å². The Morgan fingerprint density at radius 3 is 2.16 bits per heavy atom. The first kappa shape index (κ1) is 19.4. The van der Waals surface area contributed by atoms with Gasteiger partial charge in [-0.2, -0.15) is 0 Å². The van der Waals surface area contributed by atoms with Crippen LogP contribution in [0.5, 0.6) is 0 Å². The maximum Gasteiger partial charge on any atom is 0.00946 e. The van der Waals surface area contributed by atoms with Crippen molar-refractivity contribution >= 4 is 5.71 Å². The SMILES string of the molecule is CC.CC(=N)C1CCC2C3CCC4(C)CCCCC4(C)C3CCC12C. The van der Waals surface area contributed by atoms with Crippen LogP contribution in [0.25, 0.3) is 0 Å². The van der Waals surface area contributed by atoms with Crippen molar-refractivity contribution in [2.24, 2.45) is 39.9 Å². The molecule has 7 atom stereocenters. The van der Waals surface area contributed by atoms with Crippen LogP contribution in [0.1, 0.15) is 106 Å². The zero-order valence-corrected chi connectivity index (χ0v) is 17.9. The molecule has 4 rings (SSSR count). The molecule has 4 saturated carbocycles. The van der Waals surface area contributed by atoms with E-state index in [0.29, 0.717) is 22.2 Å². The van der Waals surface area contributed by atoms with Crippen molar-refractivity contribution < 1.29 is 0 Å². The van der Waals surface area contributed by atoms with Crippen LogP contribution in [0.4, 0.5) is 0 Å². The Hall–Kier alpha value is -0.330. The van der Waals surface area contributed by atoms with E-state index in [-0.39, 0.29) is 0 Å². The topological polar surface area (TPSA) is 23.9 Å². The Labute approximate surface area is 157 Å². The lowest BCUT2D eigenvalue weighted by atomic mass is 9.40. The maximum absolute atomic E-state index is 8.29. The normalized spacial score (nSPS) is 51.4. The highest BCUT2D eigenvalue weighted by Gasteiger charge is 2.62. The summed E-state index contributed by atoms with van der Waals surface area (Å²) in [5.41, 5.74) is 2.65. The summed E-state index contributed by atoms with van der Waals surface area (Å²) < 4.78 is 0. The first-order valence-corrected chi connectivity index (χ1v) is 11.4. The lowest BCUT2D eigenvalue weighted by Gasteiger charge is -2.64. The monoisotopic (exact) mass is 345 g/mol. The summed E-state index contributed by atoms with van der Waals surface area (Å²) in [6, 6.07) is 0. The van der Waals surface area contributed by atoms with Crippen LogP contribution in [0, 0.1) is 45.3 Å². The number of hydrogen-bond acceptors (Lipinski definition) is 1. The lowest BCUT2D eigenvalue weighted by Crippen LogP contribution is -2.56. The fourth-order valence-electron chi connectivity index (χ4n) is 8.32. The van der Waals surface area contributed by atoms with E-state index in [4.69, 9.17) is 5.41 Å². The van der Waals surface area contributed by atoms with E-state index in [1.807, 2.05) is 13.8 Å². The minimum atomic E-state index is 0.450. The lowest BCUT2D eigenvalue weighted by molar-refractivity contribution is -0.149. The maximum atomic E-state index is 8.29. The minimum Gasteiger partial charge on any atom is -0.310 e. The van der Waals surface area contributed by atoms with Crippen molar-refractivity contribution in [1.29, 1.82) is 5.41 Å². The molecule has 0 aromatic rings. The largest absolute Gasteiger partial charge is 0.310 e. The van der Waals surface area contributed by atoms with Crippen LogP contribution in [0.3, 0.4) is 0 Å². The van der Waals surface area contributed by atoms with E-state index < -0.39 is 0 Å². The van der Waals surface area contributed by atoms with Gasteiger partial charge in [0.15, 0.2) is 0 Å². The van der Waals surface area contributed by atoms with Gasteiger partial charge in [-0.05, 0) is 92.3 Å². The Bertz CT molecular complexity index is 510. The van der Waals surface area contributed by atoms with Crippen molar-refractivity contribution in [2.75, 3.05) is 0 Å². The van der Waals surface area contributed by atoms with E-state index in [1.54, 1.807) is 0 Å². The van der Waals surface area contributed by atoms with Crippen molar-refractivity contribution in [2.45, 2.75) is 106 Å². The number of hydrogen-bond donors (Lipinski definition) is 1. The molecule has 0 saturated heterocycles. The van der Waals surface area contributed by atoms with Crippen LogP contribution < -0.4 is 0 Å². The predicted octanol–water partition coefficient (Wildman–Crippen LogP) is 7.49. The molecule has 0 aromatic heterocycles. The summed E-state index contributed by atoms with van der Waals surface area (Å²) in [5, 5.41) is 8.29. The molecular formula is C24H43N. The molecule has 1 nitrogen and oxygen atoms in total. The van der Waals surface area contributed by atoms with Crippen LogP contribution in [-0.2, 0) is 0 Å². The Morgan fingerprint density at radius 2 is 1.48 bits per heavy atom. The minimum absolute atomic E-state index is 0.450. The molecule has 0 amide bonds.